The van der Waals surface area contributed by atoms with Gasteiger partial charge in [0.05, 0.1) is 0 Å². The van der Waals surface area contributed by atoms with Crippen molar-refractivity contribution < 1.29 is 14.4 Å². The first kappa shape index (κ1) is 18.0. The van der Waals surface area contributed by atoms with Crippen LogP contribution in [0.15, 0.2) is 24.3 Å². The molecular weight excluding hydrogens is 306 g/mol. The number of nitrogens with zero attached hydrogens (tertiary/aromatic N) is 2. The van der Waals surface area contributed by atoms with Crippen LogP contribution in [0.2, 0.25) is 0 Å². The fourth-order valence-corrected chi connectivity index (χ4v) is 2.84. The molecule has 0 bridgehead atoms. The Hall–Kier alpha value is -2.37. The zero-order valence-corrected chi connectivity index (χ0v) is 14.5. The monoisotopic (exact) mass is 331 g/mol. The van der Waals surface area contributed by atoms with Crippen molar-refractivity contribution in [1.82, 2.24) is 15.1 Å². The summed E-state index contributed by atoms with van der Waals surface area (Å²) in [6, 6.07) is 7.13. The number of benzene rings is 1. The standard InChI is InChI=1S/C18H25N3O3/c1-4-15-5-7-16(8-6-15)18(24)21-11-9-20(10-12-21)17(23)13(2)19-14(3)22/h5-8,13H,4,9-12H2,1-3H3,(H,19,22). The number of hydrogen-bond donors (Lipinski definition) is 1. The summed E-state index contributed by atoms with van der Waals surface area (Å²) in [5.74, 6) is -0.329. The highest BCUT2D eigenvalue weighted by Crippen LogP contribution is 2.11. The number of rotatable bonds is 4. The molecule has 1 aliphatic rings. The zero-order valence-electron chi connectivity index (χ0n) is 14.5. The van der Waals surface area contributed by atoms with Crippen molar-refractivity contribution in [3.8, 4) is 0 Å². The van der Waals surface area contributed by atoms with E-state index in [2.05, 4.69) is 12.2 Å². The van der Waals surface area contributed by atoms with E-state index in [-0.39, 0.29) is 17.7 Å². The number of piperazine rings is 1. The summed E-state index contributed by atoms with van der Waals surface area (Å²) >= 11 is 0. The minimum absolute atomic E-state index is 0.000313. The Balaban J connectivity index is 1.90. The lowest BCUT2D eigenvalue weighted by Gasteiger charge is -2.36. The van der Waals surface area contributed by atoms with Crippen molar-refractivity contribution in [3.63, 3.8) is 0 Å². The number of nitrogens with one attached hydrogen (secondary N) is 1. The molecular formula is C18H25N3O3. The van der Waals surface area contributed by atoms with Crippen molar-refractivity contribution in [2.24, 2.45) is 0 Å². The first-order valence-corrected chi connectivity index (χ1v) is 8.36. The van der Waals surface area contributed by atoms with Gasteiger partial charge in [0, 0.05) is 38.7 Å². The van der Waals surface area contributed by atoms with Crippen LogP contribution in [0.5, 0.6) is 0 Å². The van der Waals surface area contributed by atoms with Gasteiger partial charge in [0.25, 0.3) is 5.91 Å². The normalized spacial score (nSPS) is 15.8. The molecule has 1 atom stereocenters. The summed E-state index contributed by atoms with van der Waals surface area (Å²) in [5.41, 5.74) is 1.88. The molecule has 1 fully saturated rings. The third-order valence-corrected chi connectivity index (χ3v) is 4.28. The van der Waals surface area contributed by atoms with Crippen LogP contribution in [0.25, 0.3) is 0 Å². The Labute approximate surface area is 142 Å². The molecule has 0 saturated carbocycles. The second-order valence-electron chi connectivity index (χ2n) is 6.09. The average Bonchev–Trinajstić information content (AvgIpc) is 2.60. The van der Waals surface area contributed by atoms with Gasteiger partial charge in [-0.15, -0.1) is 0 Å². The quantitative estimate of drug-likeness (QED) is 0.897. The van der Waals surface area contributed by atoms with E-state index < -0.39 is 6.04 Å². The molecule has 0 aromatic heterocycles. The second-order valence-corrected chi connectivity index (χ2v) is 6.09. The molecule has 24 heavy (non-hydrogen) atoms. The van der Waals surface area contributed by atoms with Crippen LogP contribution < -0.4 is 5.32 Å². The van der Waals surface area contributed by atoms with Crippen molar-refractivity contribution in [2.75, 3.05) is 26.2 Å². The molecule has 1 saturated heterocycles. The minimum Gasteiger partial charge on any atom is -0.345 e. The van der Waals surface area contributed by atoms with Crippen LogP contribution in [-0.2, 0) is 16.0 Å². The van der Waals surface area contributed by atoms with Crippen molar-refractivity contribution in [2.45, 2.75) is 33.2 Å². The Bertz CT molecular complexity index is 604. The SMILES string of the molecule is CCc1ccc(C(=O)N2CCN(C(=O)C(C)NC(C)=O)CC2)cc1. The summed E-state index contributed by atoms with van der Waals surface area (Å²) in [6.07, 6.45) is 0.946. The van der Waals surface area contributed by atoms with E-state index >= 15 is 0 Å². The van der Waals surface area contributed by atoms with E-state index in [0.717, 1.165) is 6.42 Å². The molecule has 3 amide bonds. The fourth-order valence-electron chi connectivity index (χ4n) is 2.84. The lowest BCUT2D eigenvalue weighted by molar-refractivity contribution is -0.136. The topological polar surface area (TPSA) is 69.7 Å². The van der Waals surface area contributed by atoms with Gasteiger partial charge in [-0.1, -0.05) is 19.1 Å². The maximum atomic E-state index is 12.5. The fraction of sp³-hybridized carbons (Fsp3) is 0.500. The van der Waals surface area contributed by atoms with Gasteiger partial charge in [-0.05, 0) is 31.0 Å². The molecule has 1 heterocycles. The molecule has 1 aromatic carbocycles. The molecule has 0 aliphatic carbocycles. The Morgan fingerprint density at radius 3 is 2.08 bits per heavy atom. The van der Waals surface area contributed by atoms with E-state index in [0.29, 0.717) is 31.7 Å². The maximum absolute atomic E-state index is 12.5. The predicted octanol–water partition coefficient (Wildman–Crippen LogP) is 1.06. The minimum atomic E-state index is -0.536. The van der Waals surface area contributed by atoms with Gasteiger partial charge in [-0.2, -0.15) is 0 Å². The van der Waals surface area contributed by atoms with E-state index in [4.69, 9.17) is 0 Å². The van der Waals surface area contributed by atoms with Crippen LogP contribution >= 0.6 is 0 Å². The Morgan fingerprint density at radius 1 is 1.04 bits per heavy atom. The Morgan fingerprint density at radius 2 is 1.58 bits per heavy atom. The maximum Gasteiger partial charge on any atom is 0.253 e. The molecule has 2 rings (SSSR count). The van der Waals surface area contributed by atoms with E-state index in [1.54, 1.807) is 16.7 Å². The molecule has 1 aromatic rings. The van der Waals surface area contributed by atoms with Crippen molar-refractivity contribution >= 4 is 17.7 Å². The van der Waals surface area contributed by atoms with Gasteiger partial charge in [-0.25, -0.2) is 0 Å². The van der Waals surface area contributed by atoms with Gasteiger partial charge >= 0.3 is 0 Å². The highest BCUT2D eigenvalue weighted by molar-refractivity contribution is 5.94. The summed E-state index contributed by atoms with van der Waals surface area (Å²) < 4.78 is 0. The lowest BCUT2D eigenvalue weighted by Crippen LogP contribution is -2.55. The average molecular weight is 331 g/mol. The highest BCUT2D eigenvalue weighted by Gasteiger charge is 2.27. The van der Waals surface area contributed by atoms with Crippen LogP contribution in [0, 0.1) is 0 Å². The highest BCUT2D eigenvalue weighted by atomic mass is 16.2. The van der Waals surface area contributed by atoms with Gasteiger partial charge < -0.3 is 15.1 Å². The van der Waals surface area contributed by atoms with E-state index in [1.807, 2.05) is 24.3 Å². The van der Waals surface area contributed by atoms with Crippen molar-refractivity contribution in [1.29, 1.82) is 0 Å². The molecule has 0 radical (unpaired) electrons. The van der Waals surface area contributed by atoms with Gasteiger partial charge in [-0.3, -0.25) is 14.4 Å². The second kappa shape index (κ2) is 7.95. The molecule has 6 nitrogen and oxygen atoms in total. The molecule has 0 spiro atoms. The van der Waals surface area contributed by atoms with Crippen LogP contribution in [-0.4, -0.2) is 59.7 Å². The third kappa shape index (κ3) is 4.34. The number of carbonyl (C=O) groups excluding carboxylic acids is 3. The predicted molar refractivity (Wildman–Crippen MR) is 91.6 cm³/mol. The van der Waals surface area contributed by atoms with Gasteiger partial charge in [0.2, 0.25) is 11.8 Å². The van der Waals surface area contributed by atoms with Crippen LogP contribution in [0.3, 0.4) is 0 Å². The summed E-state index contributed by atoms with van der Waals surface area (Å²) in [6.45, 7) is 7.14. The summed E-state index contributed by atoms with van der Waals surface area (Å²) in [4.78, 5) is 39.3. The molecule has 6 heteroatoms. The number of aryl methyl sites for hydroxylation is 1. The Kier molecular flexibility index (Phi) is 5.95. The smallest absolute Gasteiger partial charge is 0.253 e. The summed E-state index contributed by atoms with van der Waals surface area (Å²) in [7, 11) is 0. The number of carbonyl (C=O) groups is 3. The first-order chi connectivity index (χ1) is 11.4. The molecule has 1 N–H and O–H groups in total. The van der Waals surface area contributed by atoms with Crippen LogP contribution in [0.4, 0.5) is 0 Å². The first-order valence-electron chi connectivity index (χ1n) is 8.36. The number of amides is 3. The van der Waals surface area contributed by atoms with Crippen LogP contribution in [0.1, 0.15) is 36.7 Å². The summed E-state index contributed by atoms with van der Waals surface area (Å²) in [5, 5.41) is 2.60. The molecule has 130 valence electrons. The van der Waals surface area contributed by atoms with E-state index in [9.17, 15) is 14.4 Å². The van der Waals surface area contributed by atoms with Gasteiger partial charge in [0.1, 0.15) is 6.04 Å². The third-order valence-electron chi connectivity index (χ3n) is 4.28. The zero-order chi connectivity index (χ0) is 17.7. The molecule has 1 aliphatic heterocycles. The van der Waals surface area contributed by atoms with Crippen molar-refractivity contribution in [3.05, 3.63) is 35.4 Å². The largest absolute Gasteiger partial charge is 0.345 e. The van der Waals surface area contributed by atoms with Gasteiger partial charge in [0.15, 0.2) is 0 Å². The lowest BCUT2D eigenvalue weighted by atomic mass is 10.1. The number of hydrogen-bond acceptors (Lipinski definition) is 3. The molecule has 1 unspecified atom stereocenters. The van der Waals surface area contributed by atoms with E-state index in [1.165, 1.54) is 12.5 Å².